The first-order chi connectivity index (χ1) is 6.74. The topological polar surface area (TPSA) is 36.9 Å². The van der Waals surface area contributed by atoms with Crippen molar-refractivity contribution in [2.45, 2.75) is 13.3 Å². The highest BCUT2D eigenvalue weighted by Crippen LogP contribution is 2.26. The van der Waals surface area contributed by atoms with E-state index < -0.39 is 0 Å². The number of hydrogen-bond donors (Lipinski definition) is 0. The van der Waals surface area contributed by atoms with Crippen molar-refractivity contribution < 1.29 is 8.81 Å². The molecule has 1 aromatic carbocycles. The summed E-state index contributed by atoms with van der Waals surface area (Å²) in [6.45, 7) is 1.89. The molecule has 3 heteroatoms. The highest BCUT2D eigenvalue weighted by molar-refractivity contribution is 5.84. The van der Waals surface area contributed by atoms with Crippen LogP contribution in [0, 0.1) is 24.1 Å². The second kappa shape index (κ2) is 3.15. The third-order valence-corrected chi connectivity index (χ3v) is 2.24. The van der Waals surface area contributed by atoms with Crippen LogP contribution in [-0.4, -0.2) is 0 Å². The molecule has 0 aliphatic carbocycles. The smallest absolute Gasteiger partial charge is 0.141 e. The fraction of sp³-hybridized carbons (Fsp3) is 0.182. The third-order valence-electron chi connectivity index (χ3n) is 2.24. The Morgan fingerprint density at radius 3 is 3.00 bits per heavy atom. The zero-order chi connectivity index (χ0) is 10.1. The summed E-state index contributed by atoms with van der Waals surface area (Å²) in [7, 11) is 0. The van der Waals surface area contributed by atoms with Gasteiger partial charge in [-0.25, -0.2) is 4.39 Å². The molecular weight excluding hydrogens is 181 g/mol. The van der Waals surface area contributed by atoms with E-state index in [0.29, 0.717) is 11.1 Å². The van der Waals surface area contributed by atoms with E-state index in [1.54, 1.807) is 12.3 Å². The molecule has 0 N–H and O–H groups in total. The monoisotopic (exact) mass is 189 g/mol. The number of nitriles is 1. The van der Waals surface area contributed by atoms with E-state index in [9.17, 15) is 4.39 Å². The Labute approximate surface area is 80.6 Å². The molecule has 0 aliphatic heterocycles. The van der Waals surface area contributed by atoms with Gasteiger partial charge in [0.2, 0.25) is 0 Å². The lowest BCUT2D eigenvalue weighted by molar-refractivity contribution is 0.586. The third kappa shape index (κ3) is 1.16. The first-order valence-corrected chi connectivity index (χ1v) is 4.26. The average molecular weight is 189 g/mol. The molecule has 0 spiro atoms. The van der Waals surface area contributed by atoms with Crippen LogP contribution >= 0.6 is 0 Å². The SMILES string of the molecule is Cc1coc2c(CC#N)c(F)ccc12. The van der Waals surface area contributed by atoms with E-state index in [2.05, 4.69) is 0 Å². The van der Waals surface area contributed by atoms with Gasteiger partial charge in [-0.3, -0.25) is 0 Å². The maximum Gasteiger partial charge on any atom is 0.141 e. The predicted molar refractivity (Wildman–Crippen MR) is 50.2 cm³/mol. The molecule has 0 amide bonds. The molecule has 0 unspecified atom stereocenters. The molecular formula is C11H8FNO. The Kier molecular flexibility index (Phi) is 1.97. The van der Waals surface area contributed by atoms with Gasteiger partial charge in [-0.05, 0) is 24.6 Å². The summed E-state index contributed by atoms with van der Waals surface area (Å²) in [5.41, 5.74) is 1.79. The van der Waals surface area contributed by atoms with Gasteiger partial charge in [-0.1, -0.05) is 0 Å². The number of aryl methyl sites for hydroxylation is 1. The van der Waals surface area contributed by atoms with Crippen LogP contribution in [0.4, 0.5) is 4.39 Å². The van der Waals surface area contributed by atoms with Crippen LogP contribution in [0.1, 0.15) is 11.1 Å². The van der Waals surface area contributed by atoms with Crippen molar-refractivity contribution in [1.29, 1.82) is 5.26 Å². The van der Waals surface area contributed by atoms with Crippen LogP contribution in [-0.2, 0) is 6.42 Å². The van der Waals surface area contributed by atoms with Crippen molar-refractivity contribution in [2.24, 2.45) is 0 Å². The molecule has 2 nitrogen and oxygen atoms in total. The molecule has 0 fully saturated rings. The van der Waals surface area contributed by atoms with Crippen molar-refractivity contribution in [3.8, 4) is 6.07 Å². The zero-order valence-electron chi connectivity index (χ0n) is 7.67. The molecule has 0 saturated heterocycles. The highest BCUT2D eigenvalue weighted by Gasteiger charge is 2.11. The van der Waals surface area contributed by atoms with E-state index in [1.807, 2.05) is 13.0 Å². The van der Waals surface area contributed by atoms with E-state index in [4.69, 9.17) is 9.68 Å². The largest absolute Gasteiger partial charge is 0.464 e. The normalized spacial score (nSPS) is 10.4. The molecule has 1 aromatic heterocycles. The van der Waals surface area contributed by atoms with Crippen LogP contribution in [0.2, 0.25) is 0 Å². The number of halogens is 1. The molecule has 14 heavy (non-hydrogen) atoms. The van der Waals surface area contributed by atoms with Gasteiger partial charge in [0.05, 0.1) is 18.8 Å². The molecule has 0 saturated carbocycles. The van der Waals surface area contributed by atoms with Gasteiger partial charge >= 0.3 is 0 Å². The van der Waals surface area contributed by atoms with Gasteiger partial charge in [0, 0.05) is 10.9 Å². The number of benzene rings is 1. The maximum atomic E-state index is 13.3. The molecule has 1 heterocycles. The van der Waals surface area contributed by atoms with Crippen LogP contribution in [0.3, 0.4) is 0 Å². The maximum absolute atomic E-state index is 13.3. The Bertz CT molecular complexity index is 522. The van der Waals surface area contributed by atoms with Gasteiger partial charge in [0.15, 0.2) is 0 Å². The highest BCUT2D eigenvalue weighted by atomic mass is 19.1. The van der Waals surface area contributed by atoms with Crippen LogP contribution in [0.5, 0.6) is 0 Å². The minimum absolute atomic E-state index is 0.0378. The van der Waals surface area contributed by atoms with Crippen molar-refractivity contribution >= 4 is 11.0 Å². The first kappa shape index (κ1) is 8.76. The fourth-order valence-corrected chi connectivity index (χ4v) is 1.50. The van der Waals surface area contributed by atoms with Gasteiger partial charge < -0.3 is 4.42 Å². The quantitative estimate of drug-likeness (QED) is 0.691. The lowest BCUT2D eigenvalue weighted by Gasteiger charge is -1.98. The Balaban J connectivity index is 2.78. The predicted octanol–water partition coefficient (Wildman–Crippen LogP) is 2.95. The van der Waals surface area contributed by atoms with Crippen LogP contribution in [0.15, 0.2) is 22.8 Å². The van der Waals surface area contributed by atoms with E-state index in [0.717, 1.165) is 10.9 Å². The zero-order valence-corrected chi connectivity index (χ0v) is 7.67. The summed E-state index contributed by atoms with van der Waals surface area (Å²) in [5, 5.41) is 9.42. The van der Waals surface area contributed by atoms with Crippen molar-refractivity contribution in [3.63, 3.8) is 0 Å². The van der Waals surface area contributed by atoms with Crippen LogP contribution in [0.25, 0.3) is 11.0 Å². The molecule has 70 valence electrons. The number of nitrogens with zero attached hydrogens (tertiary/aromatic N) is 1. The number of fused-ring (bicyclic) bond motifs is 1. The van der Waals surface area contributed by atoms with Gasteiger partial charge in [-0.2, -0.15) is 5.26 Å². The number of furan rings is 1. The summed E-state index contributed by atoms with van der Waals surface area (Å²) >= 11 is 0. The van der Waals surface area contributed by atoms with Gasteiger partial charge in [0.25, 0.3) is 0 Å². The van der Waals surface area contributed by atoms with E-state index in [-0.39, 0.29) is 12.2 Å². The molecule has 2 aromatic rings. The average Bonchev–Trinajstić information content (AvgIpc) is 2.53. The summed E-state index contributed by atoms with van der Waals surface area (Å²) in [6, 6.07) is 4.97. The Morgan fingerprint density at radius 1 is 1.50 bits per heavy atom. The first-order valence-electron chi connectivity index (χ1n) is 4.26. The lowest BCUT2D eigenvalue weighted by atomic mass is 10.1. The molecule has 0 bridgehead atoms. The summed E-state index contributed by atoms with van der Waals surface area (Å²) < 4.78 is 18.5. The van der Waals surface area contributed by atoms with E-state index in [1.165, 1.54) is 6.07 Å². The van der Waals surface area contributed by atoms with Gasteiger partial charge in [-0.15, -0.1) is 0 Å². The number of hydrogen-bond acceptors (Lipinski definition) is 2. The molecule has 2 rings (SSSR count). The van der Waals surface area contributed by atoms with Crippen molar-refractivity contribution in [3.05, 3.63) is 35.3 Å². The van der Waals surface area contributed by atoms with Crippen LogP contribution < -0.4 is 0 Å². The molecule has 0 atom stereocenters. The van der Waals surface area contributed by atoms with Crippen molar-refractivity contribution in [1.82, 2.24) is 0 Å². The minimum atomic E-state index is -0.381. The Morgan fingerprint density at radius 2 is 2.29 bits per heavy atom. The summed E-state index contributed by atoms with van der Waals surface area (Å²) in [4.78, 5) is 0. The van der Waals surface area contributed by atoms with Gasteiger partial charge in [0.1, 0.15) is 11.4 Å². The standard InChI is InChI=1S/C11H8FNO/c1-7-6-14-11-8(7)2-3-10(12)9(11)4-5-13/h2-3,6H,4H2,1H3. The fourth-order valence-electron chi connectivity index (χ4n) is 1.50. The second-order valence-corrected chi connectivity index (χ2v) is 3.16. The molecule has 0 radical (unpaired) electrons. The minimum Gasteiger partial charge on any atom is -0.464 e. The second-order valence-electron chi connectivity index (χ2n) is 3.16. The van der Waals surface area contributed by atoms with E-state index >= 15 is 0 Å². The lowest BCUT2D eigenvalue weighted by Crippen LogP contribution is -1.88. The Hall–Kier alpha value is -1.82. The number of rotatable bonds is 1. The summed E-state index contributed by atoms with van der Waals surface area (Å²) in [6.07, 6.45) is 1.61. The van der Waals surface area contributed by atoms with Crippen molar-refractivity contribution in [2.75, 3.05) is 0 Å². The summed E-state index contributed by atoms with van der Waals surface area (Å²) in [5.74, 6) is -0.381. The molecule has 0 aliphatic rings.